The normalized spacial score (nSPS) is 19.5. The molecule has 2 rings (SSSR count). The molecule has 1 aliphatic rings. The van der Waals surface area contributed by atoms with Crippen molar-refractivity contribution >= 4 is 5.97 Å². The summed E-state index contributed by atoms with van der Waals surface area (Å²) in [7, 11) is 0. The smallest absolute Gasteiger partial charge is 0.306 e. The Kier molecular flexibility index (Phi) is 4.66. The van der Waals surface area contributed by atoms with Crippen LogP contribution in [0.25, 0.3) is 0 Å². The molecule has 1 N–H and O–H groups in total. The number of carboxylic acids is 1. The summed E-state index contributed by atoms with van der Waals surface area (Å²) in [6.45, 7) is 1.92. The second-order valence-corrected chi connectivity index (χ2v) is 4.74. The summed E-state index contributed by atoms with van der Waals surface area (Å²) in [5, 5.41) is 17.4. The van der Waals surface area contributed by atoms with E-state index >= 15 is 0 Å². The van der Waals surface area contributed by atoms with Crippen molar-refractivity contribution in [2.24, 2.45) is 0 Å². The zero-order valence-electron chi connectivity index (χ0n) is 10.9. The molecule has 0 amide bonds. The number of nitriles is 1. The highest BCUT2D eigenvalue weighted by Gasteiger charge is 2.23. The average Bonchev–Trinajstić information content (AvgIpc) is 2.41. The van der Waals surface area contributed by atoms with Gasteiger partial charge in [0.15, 0.2) is 0 Å². The standard InChI is InChI=1S/C14H15FN2O3/c15-13-5-10(7-16)1-2-11(13)8-17-3-4-20-12(9-17)6-14(18)19/h1-2,5,12H,3-4,6,8-9H2,(H,18,19). The highest BCUT2D eigenvalue weighted by molar-refractivity contribution is 5.67. The van der Waals surface area contributed by atoms with Crippen LogP contribution in [0.5, 0.6) is 0 Å². The average molecular weight is 278 g/mol. The van der Waals surface area contributed by atoms with Crippen LogP contribution in [0, 0.1) is 17.1 Å². The van der Waals surface area contributed by atoms with Crippen molar-refractivity contribution in [2.45, 2.75) is 19.1 Å². The largest absolute Gasteiger partial charge is 0.481 e. The molecule has 20 heavy (non-hydrogen) atoms. The zero-order valence-corrected chi connectivity index (χ0v) is 10.9. The number of halogens is 1. The first-order chi connectivity index (χ1) is 9.58. The summed E-state index contributed by atoms with van der Waals surface area (Å²) in [6.07, 6.45) is -0.408. The van der Waals surface area contributed by atoms with E-state index in [1.165, 1.54) is 6.07 Å². The summed E-state index contributed by atoms with van der Waals surface area (Å²) in [6, 6.07) is 6.27. The van der Waals surface area contributed by atoms with Crippen molar-refractivity contribution in [2.75, 3.05) is 19.7 Å². The quantitative estimate of drug-likeness (QED) is 0.900. The molecule has 0 radical (unpaired) electrons. The third-order valence-corrected chi connectivity index (χ3v) is 3.20. The van der Waals surface area contributed by atoms with Crippen molar-refractivity contribution in [3.05, 3.63) is 35.1 Å². The van der Waals surface area contributed by atoms with Crippen molar-refractivity contribution in [1.82, 2.24) is 4.90 Å². The molecule has 1 unspecified atom stereocenters. The van der Waals surface area contributed by atoms with Crippen LogP contribution in [0.1, 0.15) is 17.5 Å². The highest BCUT2D eigenvalue weighted by Crippen LogP contribution is 2.16. The van der Waals surface area contributed by atoms with E-state index in [1.807, 2.05) is 11.0 Å². The van der Waals surface area contributed by atoms with E-state index in [-0.39, 0.29) is 18.1 Å². The van der Waals surface area contributed by atoms with E-state index in [0.29, 0.717) is 31.8 Å². The number of hydrogen-bond donors (Lipinski definition) is 1. The second-order valence-electron chi connectivity index (χ2n) is 4.74. The topological polar surface area (TPSA) is 73.6 Å². The molecule has 0 saturated carbocycles. The van der Waals surface area contributed by atoms with Crippen LogP contribution in [0.4, 0.5) is 4.39 Å². The second kappa shape index (κ2) is 6.46. The summed E-state index contributed by atoms with van der Waals surface area (Å²) < 4.78 is 19.2. The maximum absolute atomic E-state index is 13.8. The van der Waals surface area contributed by atoms with E-state index < -0.39 is 11.8 Å². The maximum atomic E-state index is 13.8. The molecular formula is C14H15FN2O3. The Balaban J connectivity index is 1.99. The van der Waals surface area contributed by atoms with Gasteiger partial charge in [0.1, 0.15) is 5.82 Å². The minimum atomic E-state index is -0.901. The third-order valence-electron chi connectivity index (χ3n) is 3.20. The Morgan fingerprint density at radius 1 is 1.60 bits per heavy atom. The molecule has 5 nitrogen and oxygen atoms in total. The number of benzene rings is 1. The number of ether oxygens (including phenoxy) is 1. The summed E-state index contributed by atoms with van der Waals surface area (Å²) >= 11 is 0. The number of carbonyl (C=O) groups is 1. The Hall–Kier alpha value is -1.97. The molecule has 0 aromatic heterocycles. The minimum absolute atomic E-state index is 0.0493. The molecule has 0 spiro atoms. The van der Waals surface area contributed by atoms with Crippen LogP contribution in [-0.2, 0) is 16.1 Å². The van der Waals surface area contributed by atoms with Crippen LogP contribution in [-0.4, -0.2) is 41.8 Å². The van der Waals surface area contributed by atoms with Crippen LogP contribution in [0.3, 0.4) is 0 Å². The molecule has 1 aliphatic heterocycles. The molecule has 6 heteroatoms. The molecule has 0 aliphatic carbocycles. The fourth-order valence-corrected chi connectivity index (χ4v) is 2.23. The van der Waals surface area contributed by atoms with E-state index in [1.54, 1.807) is 12.1 Å². The molecule has 1 saturated heterocycles. The maximum Gasteiger partial charge on any atom is 0.306 e. The lowest BCUT2D eigenvalue weighted by Gasteiger charge is -2.32. The van der Waals surface area contributed by atoms with Crippen LogP contribution in [0.2, 0.25) is 0 Å². The van der Waals surface area contributed by atoms with Gasteiger partial charge in [-0.1, -0.05) is 6.07 Å². The predicted molar refractivity (Wildman–Crippen MR) is 68.4 cm³/mol. The van der Waals surface area contributed by atoms with Crippen molar-refractivity contribution in [3.63, 3.8) is 0 Å². The van der Waals surface area contributed by atoms with Crippen LogP contribution >= 0.6 is 0 Å². The first-order valence-electron chi connectivity index (χ1n) is 6.33. The highest BCUT2D eigenvalue weighted by atomic mass is 19.1. The van der Waals surface area contributed by atoms with E-state index in [4.69, 9.17) is 15.1 Å². The Morgan fingerprint density at radius 3 is 3.05 bits per heavy atom. The van der Waals surface area contributed by atoms with Crippen LogP contribution in [0.15, 0.2) is 18.2 Å². The van der Waals surface area contributed by atoms with Gasteiger partial charge in [0.25, 0.3) is 0 Å². The lowest BCUT2D eigenvalue weighted by molar-refractivity contribution is -0.142. The lowest BCUT2D eigenvalue weighted by Crippen LogP contribution is -2.42. The lowest BCUT2D eigenvalue weighted by atomic mass is 10.1. The zero-order chi connectivity index (χ0) is 14.5. The molecule has 0 bridgehead atoms. The molecule has 1 atom stereocenters. The van der Waals surface area contributed by atoms with Gasteiger partial charge in [-0.05, 0) is 12.1 Å². The summed E-state index contributed by atoms with van der Waals surface area (Å²) in [4.78, 5) is 12.6. The SMILES string of the molecule is N#Cc1ccc(CN2CCOC(CC(=O)O)C2)c(F)c1. The van der Waals surface area contributed by atoms with Gasteiger partial charge in [-0.15, -0.1) is 0 Å². The number of nitrogens with zero attached hydrogens (tertiary/aromatic N) is 2. The number of hydrogen-bond acceptors (Lipinski definition) is 4. The molecule has 1 aromatic carbocycles. The van der Waals surface area contributed by atoms with Gasteiger partial charge in [0, 0.05) is 25.2 Å². The summed E-state index contributed by atoms with van der Waals surface area (Å²) in [5.41, 5.74) is 0.789. The van der Waals surface area contributed by atoms with E-state index in [9.17, 15) is 9.18 Å². The first kappa shape index (κ1) is 14.4. The van der Waals surface area contributed by atoms with Crippen molar-refractivity contribution < 1.29 is 19.0 Å². The van der Waals surface area contributed by atoms with E-state index in [2.05, 4.69) is 0 Å². The van der Waals surface area contributed by atoms with Crippen molar-refractivity contribution in [1.29, 1.82) is 5.26 Å². The van der Waals surface area contributed by atoms with Crippen molar-refractivity contribution in [3.8, 4) is 6.07 Å². The van der Waals surface area contributed by atoms with Gasteiger partial charge in [-0.2, -0.15) is 5.26 Å². The molecule has 1 fully saturated rings. The van der Waals surface area contributed by atoms with Gasteiger partial charge < -0.3 is 9.84 Å². The Morgan fingerprint density at radius 2 is 2.40 bits per heavy atom. The van der Waals surface area contributed by atoms with Gasteiger partial charge in [-0.3, -0.25) is 9.69 Å². The van der Waals surface area contributed by atoms with E-state index in [0.717, 1.165) is 0 Å². The number of morpholine rings is 1. The molecule has 1 aromatic rings. The van der Waals surface area contributed by atoms with Gasteiger partial charge in [0.2, 0.25) is 0 Å². The van der Waals surface area contributed by atoms with Crippen LogP contribution < -0.4 is 0 Å². The predicted octanol–water partition coefficient (Wildman–Crippen LogP) is 1.37. The molecule has 1 heterocycles. The third kappa shape index (κ3) is 3.76. The fourth-order valence-electron chi connectivity index (χ4n) is 2.23. The van der Waals surface area contributed by atoms with Gasteiger partial charge in [0.05, 0.1) is 30.8 Å². The number of carboxylic acid groups (broad SMARTS) is 1. The number of rotatable bonds is 4. The Bertz CT molecular complexity index is 542. The molecular weight excluding hydrogens is 263 g/mol. The van der Waals surface area contributed by atoms with Gasteiger partial charge >= 0.3 is 5.97 Å². The van der Waals surface area contributed by atoms with Gasteiger partial charge in [-0.25, -0.2) is 4.39 Å². The summed E-state index contributed by atoms with van der Waals surface area (Å²) in [5.74, 6) is -1.31. The Labute approximate surface area is 116 Å². The monoisotopic (exact) mass is 278 g/mol. The number of aliphatic carboxylic acids is 1. The minimum Gasteiger partial charge on any atom is -0.481 e. The fraction of sp³-hybridized carbons (Fsp3) is 0.429. The first-order valence-corrected chi connectivity index (χ1v) is 6.33. The molecule has 106 valence electrons.